The zero-order valence-electron chi connectivity index (χ0n) is 10.1. The molecule has 0 bridgehead atoms. The summed E-state index contributed by atoms with van der Waals surface area (Å²) in [5.74, 6) is -1.21. The molecule has 0 radical (unpaired) electrons. The van der Waals surface area contributed by atoms with Gasteiger partial charge in [0.2, 0.25) is 0 Å². The molecule has 0 amide bonds. The van der Waals surface area contributed by atoms with E-state index >= 15 is 0 Å². The predicted molar refractivity (Wildman–Crippen MR) is 70.1 cm³/mol. The normalized spacial score (nSPS) is 10.9. The van der Waals surface area contributed by atoms with E-state index in [1.54, 1.807) is 6.07 Å². The molecule has 3 aromatic rings. The first-order valence-electron chi connectivity index (χ1n) is 5.77. The minimum atomic E-state index is -0.939. The van der Waals surface area contributed by atoms with Gasteiger partial charge in [0.15, 0.2) is 0 Å². The molecular weight excluding hydrogens is 266 g/mol. The molecule has 0 aliphatic carbocycles. The molecule has 0 fully saturated rings. The maximum absolute atomic E-state index is 13.8. The molecule has 0 spiro atoms. The quantitative estimate of drug-likeness (QED) is 0.690. The van der Waals surface area contributed by atoms with E-state index in [1.165, 1.54) is 24.3 Å². The van der Waals surface area contributed by atoms with Crippen LogP contribution in [0.2, 0.25) is 0 Å². The van der Waals surface area contributed by atoms with Gasteiger partial charge in [-0.25, -0.2) is 8.78 Å². The zero-order valence-corrected chi connectivity index (χ0v) is 10.1. The Morgan fingerprint density at radius 1 is 1.00 bits per heavy atom. The van der Waals surface area contributed by atoms with Crippen LogP contribution in [0.25, 0.3) is 16.7 Å². The molecule has 6 heteroatoms. The maximum atomic E-state index is 13.8. The van der Waals surface area contributed by atoms with Crippen molar-refractivity contribution in [1.29, 1.82) is 0 Å². The Morgan fingerprint density at radius 2 is 1.75 bits per heavy atom. The molecule has 20 heavy (non-hydrogen) atoms. The molecule has 100 valence electrons. The first kappa shape index (κ1) is 12.3. The van der Waals surface area contributed by atoms with Crippen molar-refractivity contribution in [2.75, 3.05) is 0 Å². The lowest BCUT2D eigenvalue weighted by molar-refractivity contribution is 0.617. The van der Waals surface area contributed by atoms with Gasteiger partial charge in [-0.15, -0.1) is 0 Å². The van der Waals surface area contributed by atoms with Crippen molar-refractivity contribution >= 4 is 11.0 Å². The minimum Gasteiger partial charge on any atom is -0.316 e. The van der Waals surface area contributed by atoms with E-state index < -0.39 is 22.8 Å². The monoisotopic (exact) mass is 274 g/mol. The molecule has 0 aliphatic rings. The van der Waals surface area contributed by atoms with Crippen molar-refractivity contribution < 1.29 is 8.78 Å². The third-order valence-electron chi connectivity index (χ3n) is 2.94. The fourth-order valence-corrected chi connectivity index (χ4v) is 2.06. The fourth-order valence-electron chi connectivity index (χ4n) is 2.06. The lowest BCUT2D eigenvalue weighted by atomic mass is 10.2. The van der Waals surface area contributed by atoms with Crippen LogP contribution < -0.4 is 11.1 Å². The highest BCUT2D eigenvalue weighted by Gasteiger charge is 2.12. The van der Waals surface area contributed by atoms with E-state index in [0.717, 1.165) is 16.7 Å². The van der Waals surface area contributed by atoms with Gasteiger partial charge in [-0.1, -0.05) is 12.1 Å². The van der Waals surface area contributed by atoms with Crippen molar-refractivity contribution in [2.45, 2.75) is 0 Å². The van der Waals surface area contributed by atoms with Gasteiger partial charge >= 0.3 is 11.1 Å². The van der Waals surface area contributed by atoms with Gasteiger partial charge in [0, 0.05) is 0 Å². The van der Waals surface area contributed by atoms with Crippen LogP contribution in [0.1, 0.15) is 0 Å². The summed E-state index contributed by atoms with van der Waals surface area (Å²) < 4.78 is 28.0. The molecule has 0 saturated heterocycles. The smallest absolute Gasteiger partial charge is 0.316 e. The Labute approximate surface area is 110 Å². The fraction of sp³-hybridized carbons (Fsp3) is 0. The van der Waals surface area contributed by atoms with Gasteiger partial charge in [-0.05, 0) is 30.3 Å². The van der Waals surface area contributed by atoms with Gasteiger partial charge in [-0.3, -0.25) is 14.2 Å². The number of aromatic nitrogens is 2. The van der Waals surface area contributed by atoms with Crippen LogP contribution in [0, 0.1) is 11.6 Å². The Bertz CT molecular complexity index is 928. The highest BCUT2D eigenvalue weighted by atomic mass is 19.1. The second-order valence-electron chi connectivity index (χ2n) is 4.21. The first-order valence-corrected chi connectivity index (χ1v) is 5.77. The molecule has 3 rings (SSSR count). The van der Waals surface area contributed by atoms with Crippen LogP contribution in [0.15, 0.2) is 52.1 Å². The second-order valence-corrected chi connectivity index (χ2v) is 4.21. The number of rotatable bonds is 1. The average molecular weight is 274 g/mol. The van der Waals surface area contributed by atoms with Gasteiger partial charge < -0.3 is 4.98 Å². The number of nitrogens with one attached hydrogen (secondary N) is 1. The van der Waals surface area contributed by atoms with Crippen molar-refractivity contribution in [3.8, 4) is 5.69 Å². The number of hydrogen-bond acceptors (Lipinski definition) is 2. The number of fused-ring (bicyclic) bond motifs is 1. The summed E-state index contributed by atoms with van der Waals surface area (Å²) in [7, 11) is 0. The molecular formula is C14H8F2N2O2. The predicted octanol–water partition coefficient (Wildman–Crippen LogP) is 1.96. The maximum Gasteiger partial charge on any atom is 0.321 e. The van der Waals surface area contributed by atoms with Crippen LogP contribution in [-0.4, -0.2) is 9.55 Å². The van der Waals surface area contributed by atoms with Gasteiger partial charge in [0.25, 0.3) is 0 Å². The summed E-state index contributed by atoms with van der Waals surface area (Å²) in [5, 5.41) is 0. The van der Waals surface area contributed by atoms with Crippen molar-refractivity contribution in [2.24, 2.45) is 0 Å². The summed E-state index contributed by atoms with van der Waals surface area (Å²) in [5.41, 5.74) is -1.57. The number of aromatic amines is 1. The van der Waals surface area contributed by atoms with E-state index in [2.05, 4.69) is 4.98 Å². The molecule has 0 atom stereocenters. The van der Waals surface area contributed by atoms with Crippen LogP contribution in [0.3, 0.4) is 0 Å². The molecule has 2 aromatic carbocycles. The van der Waals surface area contributed by atoms with Crippen molar-refractivity contribution in [3.05, 3.63) is 74.8 Å². The van der Waals surface area contributed by atoms with Crippen LogP contribution in [0.5, 0.6) is 0 Å². The molecule has 1 heterocycles. The summed E-state index contributed by atoms with van der Waals surface area (Å²) in [6.07, 6.45) is 0. The molecule has 1 aromatic heterocycles. The molecule has 0 saturated carbocycles. The highest BCUT2D eigenvalue weighted by molar-refractivity contribution is 5.76. The lowest BCUT2D eigenvalue weighted by Gasteiger charge is -2.10. The van der Waals surface area contributed by atoms with E-state index in [9.17, 15) is 18.4 Å². The standard InChI is InChI=1S/C14H8F2N2O2/c15-8-5-6-12-10(7-8)17-13(19)14(20)18(12)11-4-2-1-3-9(11)16/h1-7H,(H,17,19). The van der Waals surface area contributed by atoms with Gasteiger partial charge in [0.1, 0.15) is 11.6 Å². The molecule has 1 N–H and O–H groups in total. The van der Waals surface area contributed by atoms with Crippen LogP contribution in [-0.2, 0) is 0 Å². The molecule has 0 aliphatic heterocycles. The van der Waals surface area contributed by atoms with E-state index in [1.807, 2.05) is 0 Å². The number of halogens is 2. The number of para-hydroxylation sites is 1. The summed E-state index contributed by atoms with van der Waals surface area (Å²) in [4.78, 5) is 25.9. The number of hydrogen-bond donors (Lipinski definition) is 1. The number of benzene rings is 2. The molecule has 0 unspecified atom stereocenters. The van der Waals surface area contributed by atoms with Crippen LogP contribution in [0.4, 0.5) is 8.78 Å². The topological polar surface area (TPSA) is 54.9 Å². The molecule has 4 nitrogen and oxygen atoms in total. The van der Waals surface area contributed by atoms with Gasteiger partial charge in [-0.2, -0.15) is 0 Å². The van der Waals surface area contributed by atoms with Gasteiger partial charge in [0.05, 0.1) is 16.7 Å². The third kappa shape index (κ3) is 1.82. The summed E-state index contributed by atoms with van der Waals surface area (Å²) in [6.45, 7) is 0. The highest BCUT2D eigenvalue weighted by Crippen LogP contribution is 2.17. The largest absolute Gasteiger partial charge is 0.321 e. The third-order valence-corrected chi connectivity index (χ3v) is 2.94. The van der Waals surface area contributed by atoms with E-state index in [0.29, 0.717) is 0 Å². The van der Waals surface area contributed by atoms with E-state index in [4.69, 9.17) is 0 Å². The Morgan fingerprint density at radius 3 is 2.50 bits per heavy atom. The average Bonchev–Trinajstić information content (AvgIpc) is 2.42. The summed E-state index contributed by atoms with van der Waals surface area (Å²) in [6, 6.07) is 9.09. The SMILES string of the molecule is O=c1[nH]c2cc(F)ccc2n(-c2ccccc2F)c1=O. The van der Waals surface area contributed by atoms with Crippen molar-refractivity contribution in [1.82, 2.24) is 9.55 Å². The first-order chi connectivity index (χ1) is 9.58. The minimum absolute atomic E-state index is 0.0554. The van der Waals surface area contributed by atoms with Crippen molar-refractivity contribution in [3.63, 3.8) is 0 Å². The number of nitrogens with zero attached hydrogens (tertiary/aromatic N) is 1. The zero-order chi connectivity index (χ0) is 14.3. The Hall–Kier alpha value is -2.76. The summed E-state index contributed by atoms with van der Waals surface area (Å²) >= 11 is 0. The Balaban J connectivity index is 2.52. The number of H-pyrrole nitrogens is 1. The Kier molecular flexibility index (Phi) is 2.71. The van der Waals surface area contributed by atoms with Crippen LogP contribution >= 0.6 is 0 Å². The second kappa shape index (κ2) is 4.41. The van der Waals surface area contributed by atoms with E-state index in [-0.39, 0.29) is 16.7 Å². The lowest BCUT2D eigenvalue weighted by Crippen LogP contribution is -2.35.